The van der Waals surface area contributed by atoms with Crippen LogP contribution in [0.4, 0.5) is 4.39 Å². The molecule has 1 aromatic carbocycles. The third-order valence-electron chi connectivity index (χ3n) is 3.70. The summed E-state index contributed by atoms with van der Waals surface area (Å²) < 4.78 is 23.7. The molecule has 0 bridgehead atoms. The zero-order valence-electron chi connectivity index (χ0n) is 12.6. The number of ether oxygens (including phenoxy) is 2. The zero-order chi connectivity index (χ0) is 15.9. The predicted octanol–water partition coefficient (Wildman–Crippen LogP) is 2.01. The monoisotopic (exact) mass is 309 g/mol. The van der Waals surface area contributed by atoms with Gasteiger partial charge in [0.1, 0.15) is 13.2 Å². The van der Waals surface area contributed by atoms with Crippen LogP contribution in [0.3, 0.4) is 0 Å². The molecule has 5 nitrogen and oxygen atoms in total. The molecule has 1 amide bonds. The van der Waals surface area contributed by atoms with E-state index in [-0.39, 0.29) is 36.8 Å². The summed E-state index contributed by atoms with van der Waals surface area (Å²) in [5, 5.41) is 0. The van der Waals surface area contributed by atoms with Gasteiger partial charge in [-0.3, -0.25) is 9.59 Å². The van der Waals surface area contributed by atoms with E-state index in [4.69, 9.17) is 9.47 Å². The Balaban J connectivity index is 1.66. The molecule has 0 N–H and O–H groups in total. The number of piperidine rings is 1. The third kappa shape index (κ3) is 4.44. The molecule has 22 heavy (non-hydrogen) atoms. The molecule has 0 unspecified atom stereocenters. The summed E-state index contributed by atoms with van der Waals surface area (Å²) in [6.45, 7) is 2.89. The highest BCUT2D eigenvalue weighted by atomic mass is 19.1. The minimum Gasteiger partial charge on any atom is -0.487 e. The maximum absolute atomic E-state index is 13.3. The van der Waals surface area contributed by atoms with Crippen molar-refractivity contribution in [1.29, 1.82) is 0 Å². The van der Waals surface area contributed by atoms with Crippen molar-refractivity contribution < 1.29 is 23.5 Å². The van der Waals surface area contributed by atoms with E-state index in [9.17, 15) is 14.0 Å². The van der Waals surface area contributed by atoms with Gasteiger partial charge in [-0.25, -0.2) is 4.39 Å². The second-order valence-corrected chi connectivity index (χ2v) is 5.23. The maximum atomic E-state index is 13.3. The first-order valence-corrected chi connectivity index (χ1v) is 7.37. The molecule has 6 heteroatoms. The molecular weight excluding hydrogens is 289 g/mol. The van der Waals surface area contributed by atoms with Crippen molar-refractivity contribution in [1.82, 2.24) is 4.90 Å². The summed E-state index contributed by atoms with van der Waals surface area (Å²) in [7, 11) is 0. The lowest BCUT2D eigenvalue weighted by Crippen LogP contribution is -2.39. The van der Waals surface area contributed by atoms with Crippen molar-refractivity contribution in [3.05, 3.63) is 30.1 Å². The normalized spacial score (nSPS) is 15.5. The first kappa shape index (κ1) is 16.3. The number of halogens is 1. The second kappa shape index (κ2) is 7.77. The Morgan fingerprint density at radius 3 is 2.55 bits per heavy atom. The summed E-state index contributed by atoms with van der Waals surface area (Å²) in [5.74, 6) is -0.715. The van der Waals surface area contributed by atoms with E-state index in [0.717, 1.165) is 0 Å². The average Bonchev–Trinajstić information content (AvgIpc) is 2.53. The number of hydrogen-bond donors (Lipinski definition) is 0. The first-order valence-electron chi connectivity index (χ1n) is 7.37. The van der Waals surface area contributed by atoms with Crippen LogP contribution < -0.4 is 4.74 Å². The van der Waals surface area contributed by atoms with Crippen LogP contribution in [-0.4, -0.2) is 43.1 Å². The van der Waals surface area contributed by atoms with Crippen LogP contribution >= 0.6 is 0 Å². The van der Waals surface area contributed by atoms with Crippen LogP contribution in [0, 0.1) is 11.7 Å². The van der Waals surface area contributed by atoms with Gasteiger partial charge < -0.3 is 14.4 Å². The summed E-state index contributed by atoms with van der Waals surface area (Å²) in [6.07, 6.45) is 1.24. The van der Waals surface area contributed by atoms with E-state index in [2.05, 4.69) is 0 Å². The summed E-state index contributed by atoms with van der Waals surface area (Å²) in [4.78, 5) is 24.8. The number of carbonyl (C=O) groups excluding carboxylic acids is 2. The minimum atomic E-state index is -0.439. The molecule has 0 radical (unpaired) electrons. The number of likely N-dealkylation sites (tertiary alicyclic amines) is 1. The van der Waals surface area contributed by atoms with Gasteiger partial charge in [-0.2, -0.15) is 0 Å². The van der Waals surface area contributed by atoms with E-state index in [1.54, 1.807) is 17.0 Å². The molecule has 0 spiro atoms. The van der Waals surface area contributed by atoms with Crippen molar-refractivity contribution in [2.24, 2.45) is 5.92 Å². The molecule has 1 aliphatic heterocycles. The van der Waals surface area contributed by atoms with Gasteiger partial charge in [-0.15, -0.1) is 0 Å². The fraction of sp³-hybridized carbons (Fsp3) is 0.500. The Kier molecular flexibility index (Phi) is 5.75. The molecular formula is C16H20FNO4. The number of esters is 1. The Hall–Kier alpha value is -2.11. The molecule has 0 aromatic heterocycles. The van der Waals surface area contributed by atoms with E-state index in [1.807, 2.05) is 0 Å². The highest BCUT2D eigenvalue weighted by Crippen LogP contribution is 2.19. The van der Waals surface area contributed by atoms with Gasteiger partial charge in [0, 0.05) is 20.0 Å². The van der Waals surface area contributed by atoms with Gasteiger partial charge in [0.25, 0.3) is 0 Å². The van der Waals surface area contributed by atoms with Crippen molar-refractivity contribution in [3.8, 4) is 5.75 Å². The number of hydrogen-bond acceptors (Lipinski definition) is 4. The van der Waals surface area contributed by atoms with Crippen LogP contribution in [0.25, 0.3) is 0 Å². The summed E-state index contributed by atoms with van der Waals surface area (Å²) in [6, 6.07) is 6.08. The van der Waals surface area contributed by atoms with Gasteiger partial charge in [0.15, 0.2) is 11.6 Å². The van der Waals surface area contributed by atoms with E-state index in [1.165, 1.54) is 19.1 Å². The van der Waals surface area contributed by atoms with E-state index in [0.29, 0.717) is 25.9 Å². The molecule has 1 heterocycles. The Morgan fingerprint density at radius 1 is 1.23 bits per heavy atom. The summed E-state index contributed by atoms with van der Waals surface area (Å²) >= 11 is 0. The molecule has 1 aromatic rings. The number of amides is 1. The molecule has 0 saturated carbocycles. The second-order valence-electron chi connectivity index (χ2n) is 5.23. The zero-order valence-corrected chi connectivity index (χ0v) is 12.6. The van der Waals surface area contributed by atoms with Crippen molar-refractivity contribution in [2.45, 2.75) is 19.8 Å². The number of rotatable bonds is 5. The average molecular weight is 309 g/mol. The highest BCUT2D eigenvalue weighted by molar-refractivity contribution is 5.75. The van der Waals surface area contributed by atoms with Crippen LogP contribution in [0.5, 0.6) is 5.75 Å². The molecule has 0 aliphatic carbocycles. The standard InChI is InChI=1S/C16H20FNO4/c1-12(19)18-8-6-13(7-9-18)16(20)22-11-10-21-15-5-3-2-4-14(15)17/h2-5,13H,6-11H2,1H3. The van der Waals surface area contributed by atoms with Crippen LogP contribution in [0.15, 0.2) is 24.3 Å². The SMILES string of the molecule is CC(=O)N1CCC(C(=O)OCCOc2ccccc2F)CC1. The lowest BCUT2D eigenvalue weighted by atomic mass is 9.97. The quantitative estimate of drug-likeness (QED) is 0.617. The van der Waals surface area contributed by atoms with Crippen LogP contribution in [0.1, 0.15) is 19.8 Å². The molecule has 1 fully saturated rings. The van der Waals surface area contributed by atoms with Crippen molar-refractivity contribution >= 4 is 11.9 Å². The van der Waals surface area contributed by atoms with Gasteiger partial charge in [-0.05, 0) is 25.0 Å². The lowest BCUT2D eigenvalue weighted by molar-refractivity contribution is -0.152. The topological polar surface area (TPSA) is 55.8 Å². The number of nitrogens with zero attached hydrogens (tertiary/aromatic N) is 1. The van der Waals surface area contributed by atoms with E-state index >= 15 is 0 Å². The van der Waals surface area contributed by atoms with E-state index < -0.39 is 5.82 Å². The third-order valence-corrected chi connectivity index (χ3v) is 3.70. The smallest absolute Gasteiger partial charge is 0.309 e. The fourth-order valence-electron chi connectivity index (χ4n) is 2.40. The van der Waals surface area contributed by atoms with Crippen molar-refractivity contribution in [2.75, 3.05) is 26.3 Å². The molecule has 120 valence electrons. The van der Waals surface area contributed by atoms with Crippen LogP contribution in [-0.2, 0) is 14.3 Å². The first-order chi connectivity index (χ1) is 10.6. The van der Waals surface area contributed by atoms with Crippen LogP contribution in [0.2, 0.25) is 0 Å². The predicted molar refractivity (Wildman–Crippen MR) is 77.8 cm³/mol. The number of carbonyl (C=O) groups is 2. The Bertz CT molecular complexity index is 527. The number of para-hydroxylation sites is 1. The largest absolute Gasteiger partial charge is 0.487 e. The molecule has 2 rings (SSSR count). The molecule has 0 atom stereocenters. The van der Waals surface area contributed by atoms with Gasteiger partial charge in [0.05, 0.1) is 5.92 Å². The Labute approximate surface area is 129 Å². The molecule has 1 aliphatic rings. The lowest BCUT2D eigenvalue weighted by Gasteiger charge is -2.30. The minimum absolute atomic E-state index is 0.0325. The van der Waals surface area contributed by atoms with Gasteiger partial charge in [0.2, 0.25) is 5.91 Å². The number of benzene rings is 1. The molecule has 1 saturated heterocycles. The van der Waals surface area contributed by atoms with Gasteiger partial charge >= 0.3 is 5.97 Å². The maximum Gasteiger partial charge on any atom is 0.309 e. The fourth-order valence-corrected chi connectivity index (χ4v) is 2.40. The highest BCUT2D eigenvalue weighted by Gasteiger charge is 2.27. The van der Waals surface area contributed by atoms with Crippen molar-refractivity contribution in [3.63, 3.8) is 0 Å². The Morgan fingerprint density at radius 2 is 1.91 bits per heavy atom. The summed E-state index contributed by atoms with van der Waals surface area (Å²) in [5.41, 5.74) is 0. The van der Waals surface area contributed by atoms with Gasteiger partial charge in [-0.1, -0.05) is 12.1 Å².